The van der Waals surface area contributed by atoms with E-state index in [4.69, 9.17) is 0 Å². The molecule has 0 amide bonds. The van der Waals surface area contributed by atoms with Gasteiger partial charge < -0.3 is 0 Å². The molecule has 1 aromatic rings. The summed E-state index contributed by atoms with van der Waals surface area (Å²) in [6.07, 6.45) is 14.4. The number of thiophene rings is 1. The van der Waals surface area contributed by atoms with E-state index in [2.05, 4.69) is 13.8 Å². The Balaban J connectivity index is 0.000000419. The van der Waals surface area contributed by atoms with Crippen molar-refractivity contribution in [3.8, 4) is 0 Å². The van der Waals surface area contributed by atoms with Gasteiger partial charge in [-0.3, -0.25) is 0 Å². The molecule has 1 aromatic heterocycles. The average molecular weight is 254 g/mol. The zero-order chi connectivity index (χ0) is 12.6. The first-order chi connectivity index (χ1) is 8.41. The van der Waals surface area contributed by atoms with Crippen molar-refractivity contribution >= 4 is 11.3 Å². The number of rotatable bonds is 9. The van der Waals surface area contributed by atoms with Gasteiger partial charge in [-0.2, -0.15) is 11.3 Å². The summed E-state index contributed by atoms with van der Waals surface area (Å²) in [6, 6.07) is 4.04. The summed E-state index contributed by atoms with van der Waals surface area (Å²) in [5.74, 6) is 0. The van der Waals surface area contributed by atoms with Crippen molar-refractivity contribution in [1.29, 1.82) is 0 Å². The topological polar surface area (TPSA) is 0 Å². The lowest BCUT2D eigenvalue weighted by atomic mass is 10.1. The summed E-state index contributed by atoms with van der Waals surface area (Å²) in [5.41, 5.74) is 0. The first kappa shape index (κ1) is 16.7. The minimum atomic E-state index is 1.37. The minimum absolute atomic E-state index is 1.37. The van der Waals surface area contributed by atoms with Crippen molar-refractivity contribution in [3.05, 3.63) is 22.9 Å². The molecule has 0 aliphatic rings. The highest BCUT2D eigenvalue weighted by molar-refractivity contribution is 7.07. The molecule has 0 spiro atoms. The molecule has 0 aliphatic carbocycles. The third kappa shape index (κ3) is 15.7. The van der Waals surface area contributed by atoms with Crippen LogP contribution in [-0.4, -0.2) is 0 Å². The van der Waals surface area contributed by atoms with Gasteiger partial charge in [0.1, 0.15) is 0 Å². The monoisotopic (exact) mass is 254 g/mol. The molecule has 0 saturated heterocycles. The molecule has 0 N–H and O–H groups in total. The van der Waals surface area contributed by atoms with E-state index in [0.29, 0.717) is 0 Å². The van der Waals surface area contributed by atoms with Crippen molar-refractivity contribution in [2.24, 2.45) is 0 Å². The molecule has 0 fully saturated rings. The normalized spacial score (nSPS) is 9.76. The minimum Gasteiger partial charge on any atom is -0.152 e. The summed E-state index contributed by atoms with van der Waals surface area (Å²) in [5, 5.41) is 4.08. The van der Waals surface area contributed by atoms with Gasteiger partial charge in [0.2, 0.25) is 0 Å². The molecular formula is C16H30S. The van der Waals surface area contributed by atoms with E-state index in [1.165, 1.54) is 64.2 Å². The number of hydrogen-bond acceptors (Lipinski definition) is 1. The molecule has 1 heterocycles. The van der Waals surface area contributed by atoms with Gasteiger partial charge in [-0.05, 0) is 10.8 Å². The molecule has 1 rings (SSSR count). The Labute approximate surface area is 112 Å². The predicted octanol–water partition coefficient (Wildman–Crippen LogP) is 6.68. The molecular weight excluding hydrogens is 224 g/mol. The second-order valence-corrected chi connectivity index (χ2v) is 5.44. The summed E-state index contributed by atoms with van der Waals surface area (Å²) in [7, 11) is 0. The Morgan fingerprint density at radius 2 is 0.941 bits per heavy atom. The van der Waals surface area contributed by atoms with Gasteiger partial charge in [0.05, 0.1) is 0 Å². The van der Waals surface area contributed by atoms with Crippen LogP contribution in [0.5, 0.6) is 0 Å². The second kappa shape index (κ2) is 15.7. The molecule has 0 saturated carbocycles. The van der Waals surface area contributed by atoms with E-state index in [1.54, 1.807) is 11.3 Å². The summed E-state index contributed by atoms with van der Waals surface area (Å²) >= 11 is 1.71. The Morgan fingerprint density at radius 1 is 0.588 bits per heavy atom. The van der Waals surface area contributed by atoms with Gasteiger partial charge in [0.15, 0.2) is 0 Å². The summed E-state index contributed by atoms with van der Waals surface area (Å²) in [6.45, 7) is 4.56. The van der Waals surface area contributed by atoms with Crippen molar-refractivity contribution < 1.29 is 0 Å². The highest BCUT2D eigenvalue weighted by atomic mass is 32.1. The number of hydrogen-bond donors (Lipinski definition) is 0. The van der Waals surface area contributed by atoms with Crippen molar-refractivity contribution in [2.75, 3.05) is 0 Å². The van der Waals surface area contributed by atoms with Crippen LogP contribution in [0, 0.1) is 0 Å². The average Bonchev–Trinajstić information content (AvgIpc) is 2.92. The lowest BCUT2D eigenvalue weighted by Gasteiger charge is -1.99. The molecule has 0 atom stereocenters. The van der Waals surface area contributed by atoms with E-state index < -0.39 is 0 Å². The zero-order valence-electron chi connectivity index (χ0n) is 11.8. The van der Waals surface area contributed by atoms with Gasteiger partial charge in [-0.25, -0.2) is 0 Å². The Bertz CT molecular complexity index is 164. The fraction of sp³-hybridized carbons (Fsp3) is 0.750. The highest BCUT2D eigenvalue weighted by Crippen LogP contribution is 2.09. The quantitative estimate of drug-likeness (QED) is 0.431. The molecule has 0 bridgehead atoms. The standard InChI is InChI=1S/C12H26.C4H4S/c1-3-5-7-9-11-12-10-8-6-4-2;1-2-4-5-3-1/h3-12H2,1-2H3;1-4H. The van der Waals surface area contributed by atoms with Crippen LogP contribution in [-0.2, 0) is 0 Å². The zero-order valence-corrected chi connectivity index (χ0v) is 12.6. The van der Waals surface area contributed by atoms with Gasteiger partial charge in [0.25, 0.3) is 0 Å². The van der Waals surface area contributed by atoms with E-state index in [9.17, 15) is 0 Å². The predicted molar refractivity (Wildman–Crippen MR) is 81.8 cm³/mol. The Hall–Kier alpha value is -0.300. The van der Waals surface area contributed by atoms with E-state index in [1.807, 2.05) is 22.9 Å². The fourth-order valence-electron chi connectivity index (χ4n) is 1.79. The van der Waals surface area contributed by atoms with Crippen molar-refractivity contribution in [3.63, 3.8) is 0 Å². The van der Waals surface area contributed by atoms with Gasteiger partial charge in [-0.15, -0.1) is 0 Å². The number of unbranched alkanes of at least 4 members (excludes halogenated alkanes) is 9. The van der Waals surface area contributed by atoms with E-state index in [0.717, 1.165) is 0 Å². The third-order valence-corrected chi connectivity index (χ3v) is 3.51. The SMILES string of the molecule is CCCCCCCCCCCC.c1ccsc1. The summed E-state index contributed by atoms with van der Waals surface area (Å²) in [4.78, 5) is 0. The third-order valence-electron chi connectivity index (χ3n) is 2.88. The van der Waals surface area contributed by atoms with Gasteiger partial charge in [0, 0.05) is 0 Å². The van der Waals surface area contributed by atoms with Crippen LogP contribution in [0.1, 0.15) is 78.1 Å². The highest BCUT2D eigenvalue weighted by Gasteiger charge is 1.90. The molecule has 0 unspecified atom stereocenters. The lowest BCUT2D eigenvalue weighted by molar-refractivity contribution is 0.562. The van der Waals surface area contributed by atoms with E-state index in [-0.39, 0.29) is 0 Å². The molecule has 100 valence electrons. The molecule has 0 nitrogen and oxygen atoms in total. The van der Waals surface area contributed by atoms with Crippen LogP contribution >= 0.6 is 11.3 Å². The molecule has 1 heteroatoms. The lowest BCUT2D eigenvalue weighted by Crippen LogP contribution is -1.80. The van der Waals surface area contributed by atoms with Crippen LogP contribution in [0.3, 0.4) is 0 Å². The molecule has 17 heavy (non-hydrogen) atoms. The smallest absolute Gasteiger partial charge is 0.00934 e. The molecule has 0 aromatic carbocycles. The van der Waals surface area contributed by atoms with Gasteiger partial charge in [-0.1, -0.05) is 90.2 Å². The molecule has 0 aliphatic heterocycles. The maximum atomic E-state index is 2.28. The van der Waals surface area contributed by atoms with Crippen LogP contribution in [0.2, 0.25) is 0 Å². The first-order valence-corrected chi connectivity index (χ1v) is 8.33. The van der Waals surface area contributed by atoms with Gasteiger partial charge >= 0.3 is 0 Å². The Morgan fingerprint density at radius 3 is 1.18 bits per heavy atom. The van der Waals surface area contributed by atoms with Crippen molar-refractivity contribution in [2.45, 2.75) is 78.1 Å². The maximum Gasteiger partial charge on any atom is -0.00934 e. The largest absolute Gasteiger partial charge is 0.152 e. The van der Waals surface area contributed by atoms with Crippen LogP contribution in [0.25, 0.3) is 0 Å². The summed E-state index contributed by atoms with van der Waals surface area (Å²) < 4.78 is 0. The maximum absolute atomic E-state index is 2.28. The van der Waals surface area contributed by atoms with Crippen LogP contribution in [0.15, 0.2) is 22.9 Å². The second-order valence-electron chi connectivity index (χ2n) is 4.62. The van der Waals surface area contributed by atoms with Crippen molar-refractivity contribution in [1.82, 2.24) is 0 Å². The van der Waals surface area contributed by atoms with Crippen LogP contribution < -0.4 is 0 Å². The first-order valence-electron chi connectivity index (χ1n) is 7.39. The Kier molecular flexibility index (Phi) is 15.4. The molecule has 0 radical (unpaired) electrons. The van der Waals surface area contributed by atoms with Crippen LogP contribution in [0.4, 0.5) is 0 Å². The fourth-order valence-corrected chi connectivity index (χ4v) is 2.24. The van der Waals surface area contributed by atoms with E-state index >= 15 is 0 Å².